The van der Waals surface area contributed by atoms with Crippen molar-refractivity contribution in [3.8, 4) is 0 Å². The van der Waals surface area contributed by atoms with Crippen LogP contribution in [-0.2, 0) is 54.9 Å². The van der Waals surface area contributed by atoms with Gasteiger partial charge < -0.3 is 0 Å². The minimum atomic E-state index is 0. The van der Waals surface area contributed by atoms with Gasteiger partial charge in [-0.25, -0.2) is 0 Å². The first-order valence-electron chi connectivity index (χ1n) is 0. The summed E-state index contributed by atoms with van der Waals surface area (Å²) in [5.41, 5.74) is 0. The monoisotopic (exact) mass is 303 g/mol. The van der Waals surface area contributed by atoms with Crippen molar-refractivity contribution in [1.29, 1.82) is 0 Å². The molecule has 27 valence electrons. The van der Waals surface area contributed by atoms with Gasteiger partial charge >= 0.3 is 45.5 Å². The van der Waals surface area contributed by atoms with E-state index in [1.807, 2.05) is 0 Å². The molecule has 0 spiro atoms. The summed E-state index contributed by atoms with van der Waals surface area (Å²) in [5.74, 6) is 0. The molecule has 0 rings (SSSR count). The van der Waals surface area contributed by atoms with Crippen molar-refractivity contribution in [1.82, 2.24) is 0 Å². The Labute approximate surface area is 98.1 Å². The van der Waals surface area contributed by atoms with E-state index in [9.17, 15) is 0 Å². The molecule has 0 saturated heterocycles. The first-order chi connectivity index (χ1) is 0. The van der Waals surface area contributed by atoms with Crippen LogP contribution in [0.15, 0.2) is 0 Å². The molecule has 4 heavy (non-hydrogen) atoms. The molecule has 0 N–H and O–H groups in total. The molecular formula is H2CoFeMoSr. The molecule has 1 radical (unpaired) electrons. The van der Waals surface area contributed by atoms with E-state index in [2.05, 4.69) is 0 Å². The fraction of sp³-hybridized carbons (Fsp3) is 0. The van der Waals surface area contributed by atoms with E-state index in [1.54, 1.807) is 0 Å². The third-order valence-corrected chi connectivity index (χ3v) is 0. The molecule has 0 unspecified atom stereocenters. The van der Waals surface area contributed by atoms with Crippen molar-refractivity contribution in [2.24, 2.45) is 0 Å². The second-order valence-electron chi connectivity index (χ2n) is 0. The molecular weight excluding hydrogens is 298 g/mol. The van der Waals surface area contributed by atoms with Crippen molar-refractivity contribution in [3.05, 3.63) is 0 Å². The molecule has 0 aromatic heterocycles. The zero-order chi connectivity index (χ0) is 0. The van der Waals surface area contributed by atoms with Crippen molar-refractivity contribution in [2.75, 3.05) is 0 Å². The van der Waals surface area contributed by atoms with Crippen LogP contribution >= 0.6 is 0 Å². The van der Waals surface area contributed by atoms with Gasteiger partial charge in [0.1, 0.15) is 0 Å². The van der Waals surface area contributed by atoms with Crippen molar-refractivity contribution in [2.45, 2.75) is 0 Å². The third kappa shape index (κ3) is 8.96. The van der Waals surface area contributed by atoms with Crippen LogP contribution in [-0.4, -0.2) is 45.5 Å². The van der Waals surface area contributed by atoms with E-state index in [0.29, 0.717) is 0 Å². The first-order valence-corrected chi connectivity index (χ1v) is 0. The summed E-state index contributed by atoms with van der Waals surface area (Å²) >= 11 is 0. The Bertz CT molecular complexity index is 8.00. The summed E-state index contributed by atoms with van der Waals surface area (Å²) in [6, 6.07) is 0. The zero-order valence-corrected chi connectivity index (χ0v) is 5.25. The van der Waals surface area contributed by atoms with Gasteiger partial charge in [0.2, 0.25) is 0 Å². The Balaban J connectivity index is 0. The normalized spacial score (nSPS) is 0. The predicted molar refractivity (Wildman–Crippen MR) is 8.54 cm³/mol. The van der Waals surface area contributed by atoms with Crippen molar-refractivity contribution in [3.63, 3.8) is 0 Å². The molecule has 0 amide bonds. The Kier molecular flexibility index (Phi) is 111. The minimum absolute atomic E-state index is 0. The maximum atomic E-state index is 0. The Morgan fingerprint density at radius 1 is 1.00 bits per heavy atom. The summed E-state index contributed by atoms with van der Waals surface area (Å²) in [6.07, 6.45) is 0. The van der Waals surface area contributed by atoms with E-state index < -0.39 is 0 Å². The van der Waals surface area contributed by atoms with Crippen molar-refractivity contribution < 1.29 is 54.9 Å². The molecule has 0 aromatic rings. The van der Waals surface area contributed by atoms with Gasteiger partial charge in [0, 0.05) is 54.9 Å². The molecule has 0 aliphatic rings. The second kappa shape index (κ2) is 16.4. The summed E-state index contributed by atoms with van der Waals surface area (Å²) in [4.78, 5) is 0. The van der Waals surface area contributed by atoms with Crippen LogP contribution in [0, 0.1) is 0 Å². The summed E-state index contributed by atoms with van der Waals surface area (Å²) in [7, 11) is 0. The average molecular weight is 300 g/mol. The topological polar surface area (TPSA) is 0 Å². The third-order valence-electron chi connectivity index (χ3n) is 0. The summed E-state index contributed by atoms with van der Waals surface area (Å²) < 4.78 is 0. The first kappa shape index (κ1) is 27.1. The molecule has 0 bridgehead atoms. The van der Waals surface area contributed by atoms with E-state index in [0.717, 1.165) is 0 Å². The van der Waals surface area contributed by atoms with Gasteiger partial charge in [0.15, 0.2) is 0 Å². The van der Waals surface area contributed by atoms with E-state index in [1.165, 1.54) is 0 Å². The maximum absolute atomic E-state index is 0. The molecule has 0 heterocycles. The van der Waals surface area contributed by atoms with Crippen LogP contribution in [0.1, 0.15) is 0 Å². The molecule has 0 nitrogen and oxygen atoms in total. The number of hydrogen-bond donors (Lipinski definition) is 0. The Morgan fingerprint density at radius 3 is 1.00 bits per heavy atom. The molecule has 4 heteroatoms. The van der Waals surface area contributed by atoms with E-state index >= 15 is 0 Å². The summed E-state index contributed by atoms with van der Waals surface area (Å²) in [5, 5.41) is 0. The molecule has 0 aliphatic heterocycles. The van der Waals surface area contributed by atoms with Crippen LogP contribution in [0.25, 0.3) is 0 Å². The Hall–Kier alpha value is 3.19. The van der Waals surface area contributed by atoms with Gasteiger partial charge in [-0.15, -0.1) is 0 Å². The van der Waals surface area contributed by atoms with Gasteiger partial charge in [0.25, 0.3) is 0 Å². The van der Waals surface area contributed by atoms with Crippen LogP contribution in [0.2, 0.25) is 0 Å². The van der Waals surface area contributed by atoms with Gasteiger partial charge in [-0.1, -0.05) is 0 Å². The van der Waals surface area contributed by atoms with Crippen molar-refractivity contribution >= 4 is 45.5 Å². The van der Waals surface area contributed by atoms with Gasteiger partial charge in [-0.3, -0.25) is 0 Å². The quantitative estimate of drug-likeness (QED) is 0.508. The van der Waals surface area contributed by atoms with Gasteiger partial charge in [0.05, 0.1) is 0 Å². The predicted octanol–water partition coefficient (Wildman–Crippen LogP) is -0.924. The van der Waals surface area contributed by atoms with Crippen LogP contribution < -0.4 is 0 Å². The Morgan fingerprint density at radius 2 is 1.00 bits per heavy atom. The van der Waals surface area contributed by atoms with E-state index in [-0.39, 0.29) is 100 Å². The molecule has 0 aromatic carbocycles. The standard InChI is InChI=1S/Co.Fe.Mo.Sr.2H. The fourth-order valence-electron chi connectivity index (χ4n) is 0. The van der Waals surface area contributed by atoms with Gasteiger partial charge in [-0.2, -0.15) is 0 Å². The SMILES string of the molecule is [Co].[Fe].[Mo].[SrH2]. The van der Waals surface area contributed by atoms with Crippen LogP contribution in [0.3, 0.4) is 0 Å². The number of hydrogen-bond acceptors (Lipinski definition) is 0. The van der Waals surface area contributed by atoms with Crippen LogP contribution in [0.5, 0.6) is 0 Å². The molecule has 0 fully saturated rings. The molecule has 0 aliphatic carbocycles. The molecule has 0 saturated carbocycles. The number of rotatable bonds is 0. The summed E-state index contributed by atoms with van der Waals surface area (Å²) in [6.45, 7) is 0. The van der Waals surface area contributed by atoms with E-state index in [4.69, 9.17) is 0 Å². The second-order valence-corrected chi connectivity index (χ2v) is 0. The zero-order valence-electron chi connectivity index (χ0n) is 1.10. The van der Waals surface area contributed by atoms with Crippen LogP contribution in [0.4, 0.5) is 0 Å². The average Bonchev–Trinajstić information content (AvgIpc) is 0. The molecule has 0 atom stereocenters. The van der Waals surface area contributed by atoms with Gasteiger partial charge in [-0.05, 0) is 0 Å². The fourth-order valence-corrected chi connectivity index (χ4v) is 0.